The van der Waals surface area contributed by atoms with Gasteiger partial charge in [0.05, 0.1) is 13.0 Å². The first kappa shape index (κ1) is 23.1. The summed E-state index contributed by atoms with van der Waals surface area (Å²) in [6.45, 7) is 3.81. The highest BCUT2D eigenvalue weighted by Crippen LogP contribution is 2.17. The van der Waals surface area contributed by atoms with E-state index in [-0.39, 0.29) is 30.7 Å². The molecule has 0 spiro atoms. The number of amides is 3. The molecule has 2 N–H and O–H groups in total. The molecule has 1 aromatic carbocycles. The molecule has 1 aromatic heterocycles. The van der Waals surface area contributed by atoms with E-state index in [4.69, 9.17) is 0 Å². The number of piperazine rings is 2. The van der Waals surface area contributed by atoms with E-state index in [1.54, 1.807) is 30.6 Å². The maximum atomic E-state index is 13.1. The molecule has 2 saturated heterocycles. The predicted octanol–water partition coefficient (Wildman–Crippen LogP) is 0.717. The number of anilines is 2. The molecule has 1 unspecified atom stereocenters. The fourth-order valence-corrected chi connectivity index (χ4v) is 4.24. The van der Waals surface area contributed by atoms with Crippen LogP contribution in [0.3, 0.4) is 0 Å². The molecule has 0 aliphatic carbocycles. The molecule has 1 atom stereocenters. The first-order valence-electron chi connectivity index (χ1n) is 10.9. The zero-order valence-corrected chi connectivity index (χ0v) is 19.7. The van der Waals surface area contributed by atoms with E-state index >= 15 is 0 Å². The number of hydrogen-bond acceptors (Lipinski definition) is 7. The third kappa shape index (κ3) is 6.05. The summed E-state index contributed by atoms with van der Waals surface area (Å²) in [5, 5.41) is 5.56. The van der Waals surface area contributed by atoms with Gasteiger partial charge in [-0.05, 0) is 30.3 Å². The van der Waals surface area contributed by atoms with Crippen LogP contribution < -0.4 is 15.5 Å². The van der Waals surface area contributed by atoms with Gasteiger partial charge < -0.3 is 20.4 Å². The lowest BCUT2D eigenvalue weighted by atomic mass is 10.1. The Morgan fingerprint density at radius 2 is 1.76 bits per heavy atom. The normalized spacial score (nSPS) is 19.2. The summed E-state index contributed by atoms with van der Waals surface area (Å²) in [7, 11) is 0. The number of nitrogens with one attached hydrogen (secondary N) is 2. The van der Waals surface area contributed by atoms with Gasteiger partial charge in [0.1, 0.15) is 6.04 Å². The second-order valence-electron chi connectivity index (χ2n) is 7.97. The lowest BCUT2D eigenvalue weighted by molar-refractivity contribution is -0.145. The molecule has 174 valence electrons. The first-order chi connectivity index (χ1) is 16.0. The summed E-state index contributed by atoms with van der Waals surface area (Å²) in [6.07, 6.45) is 3.34. The monoisotopic (exact) mass is 515 g/mol. The summed E-state index contributed by atoms with van der Waals surface area (Å²) < 4.78 is 0.904. The third-order valence-electron chi connectivity index (χ3n) is 5.72. The third-order valence-corrected chi connectivity index (χ3v) is 6.25. The fraction of sp³-hybridized carbons (Fsp3) is 0.409. The zero-order valence-electron chi connectivity index (χ0n) is 18.1. The maximum Gasteiger partial charge on any atom is 0.243 e. The molecule has 33 heavy (non-hydrogen) atoms. The van der Waals surface area contributed by atoms with E-state index in [1.165, 1.54) is 4.90 Å². The highest BCUT2D eigenvalue weighted by atomic mass is 79.9. The summed E-state index contributed by atoms with van der Waals surface area (Å²) >= 11 is 3.36. The van der Waals surface area contributed by atoms with Crippen molar-refractivity contribution in [3.8, 4) is 0 Å². The van der Waals surface area contributed by atoms with Crippen LogP contribution in [0.25, 0.3) is 0 Å². The lowest BCUT2D eigenvalue weighted by Crippen LogP contribution is -2.60. The Kier molecular flexibility index (Phi) is 7.50. The molecule has 11 heteroatoms. The van der Waals surface area contributed by atoms with Gasteiger partial charge >= 0.3 is 0 Å². The summed E-state index contributed by atoms with van der Waals surface area (Å²) in [5.74, 6) is -0.0658. The van der Waals surface area contributed by atoms with Gasteiger partial charge in [0, 0.05) is 61.8 Å². The van der Waals surface area contributed by atoms with E-state index in [9.17, 15) is 14.4 Å². The Bertz CT molecular complexity index is 981. The van der Waals surface area contributed by atoms with Gasteiger partial charge in [-0.25, -0.2) is 9.97 Å². The number of nitrogens with zero attached hydrogens (tertiary/aromatic N) is 5. The quantitative estimate of drug-likeness (QED) is 0.582. The molecular formula is C22H26BrN7O3. The topological polar surface area (TPSA) is 111 Å². The van der Waals surface area contributed by atoms with Crippen LogP contribution in [0.2, 0.25) is 0 Å². The fourth-order valence-electron chi connectivity index (χ4n) is 3.98. The lowest BCUT2D eigenvalue weighted by Gasteiger charge is -2.38. The van der Waals surface area contributed by atoms with Crippen molar-refractivity contribution in [2.45, 2.75) is 12.5 Å². The number of aromatic nitrogens is 2. The zero-order chi connectivity index (χ0) is 23.2. The molecule has 3 amide bonds. The summed E-state index contributed by atoms with van der Waals surface area (Å²) in [5.41, 5.74) is 0.637. The Morgan fingerprint density at radius 1 is 1.06 bits per heavy atom. The smallest absolute Gasteiger partial charge is 0.243 e. The van der Waals surface area contributed by atoms with E-state index < -0.39 is 6.04 Å². The van der Waals surface area contributed by atoms with Crippen LogP contribution in [0.15, 0.2) is 47.2 Å². The van der Waals surface area contributed by atoms with Crippen molar-refractivity contribution in [1.82, 2.24) is 25.1 Å². The summed E-state index contributed by atoms with van der Waals surface area (Å²) in [6, 6.07) is 8.15. The minimum absolute atomic E-state index is 0.0905. The standard InChI is InChI=1S/C22H26BrN7O3/c23-16-2-4-17(5-3-16)27-19(31)14-18-21(33)24-8-9-30(18)20(32)15-28-10-12-29(13-11-28)22-25-6-1-7-26-22/h1-7,18H,8-15H2,(H,24,33)(H,27,31). The van der Waals surface area contributed by atoms with Crippen molar-refractivity contribution in [1.29, 1.82) is 0 Å². The van der Waals surface area contributed by atoms with Crippen molar-refractivity contribution in [2.75, 3.05) is 56.0 Å². The average Bonchev–Trinajstić information content (AvgIpc) is 2.83. The number of halogens is 1. The highest BCUT2D eigenvalue weighted by molar-refractivity contribution is 9.10. The minimum atomic E-state index is -0.819. The molecule has 3 heterocycles. The van der Waals surface area contributed by atoms with Crippen LogP contribution in [0.5, 0.6) is 0 Å². The molecular weight excluding hydrogens is 490 g/mol. The largest absolute Gasteiger partial charge is 0.353 e. The van der Waals surface area contributed by atoms with Crippen LogP contribution in [0.4, 0.5) is 11.6 Å². The van der Waals surface area contributed by atoms with E-state index in [0.29, 0.717) is 37.8 Å². The van der Waals surface area contributed by atoms with Crippen LogP contribution in [0.1, 0.15) is 6.42 Å². The van der Waals surface area contributed by atoms with Gasteiger partial charge in [0.2, 0.25) is 23.7 Å². The SMILES string of the molecule is O=C(CC1C(=O)NCCN1C(=O)CN1CCN(c2ncccn2)CC1)Nc1ccc(Br)cc1. The van der Waals surface area contributed by atoms with Crippen LogP contribution >= 0.6 is 15.9 Å². The van der Waals surface area contributed by atoms with Crippen LogP contribution in [-0.2, 0) is 14.4 Å². The molecule has 0 bridgehead atoms. The van der Waals surface area contributed by atoms with Crippen molar-refractivity contribution in [3.63, 3.8) is 0 Å². The second kappa shape index (κ2) is 10.7. The van der Waals surface area contributed by atoms with Crippen LogP contribution in [-0.4, -0.2) is 89.3 Å². The van der Waals surface area contributed by atoms with E-state index in [2.05, 4.69) is 46.3 Å². The van der Waals surface area contributed by atoms with Crippen molar-refractivity contribution in [2.24, 2.45) is 0 Å². The number of hydrogen-bond donors (Lipinski definition) is 2. The number of carbonyl (C=O) groups excluding carboxylic acids is 3. The van der Waals surface area contributed by atoms with Gasteiger partial charge in [-0.15, -0.1) is 0 Å². The molecule has 0 saturated carbocycles. The van der Waals surface area contributed by atoms with Gasteiger partial charge in [-0.1, -0.05) is 15.9 Å². The molecule has 2 aromatic rings. The molecule has 2 aliphatic rings. The van der Waals surface area contributed by atoms with Crippen molar-refractivity contribution >= 4 is 45.3 Å². The van der Waals surface area contributed by atoms with Crippen molar-refractivity contribution < 1.29 is 14.4 Å². The molecule has 10 nitrogen and oxygen atoms in total. The number of benzene rings is 1. The Labute approximate surface area is 200 Å². The maximum absolute atomic E-state index is 13.1. The van der Waals surface area contributed by atoms with Gasteiger partial charge in [-0.2, -0.15) is 0 Å². The number of carbonyl (C=O) groups is 3. The van der Waals surface area contributed by atoms with E-state index in [0.717, 1.165) is 17.6 Å². The predicted molar refractivity (Wildman–Crippen MR) is 127 cm³/mol. The van der Waals surface area contributed by atoms with Gasteiger partial charge in [0.15, 0.2) is 0 Å². The Balaban J connectivity index is 1.32. The second-order valence-corrected chi connectivity index (χ2v) is 8.88. The number of rotatable bonds is 6. The van der Waals surface area contributed by atoms with Crippen molar-refractivity contribution in [3.05, 3.63) is 47.2 Å². The van der Waals surface area contributed by atoms with E-state index in [1.807, 2.05) is 12.1 Å². The van der Waals surface area contributed by atoms with Gasteiger partial charge in [0.25, 0.3) is 0 Å². The molecule has 2 aliphatic heterocycles. The van der Waals surface area contributed by atoms with Gasteiger partial charge in [-0.3, -0.25) is 19.3 Å². The molecule has 2 fully saturated rings. The minimum Gasteiger partial charge on any atom is -0.353 e. The molecule has 0 radical (unpaired) electrons. The molecule has 4 rings (SSSR count). The highest BCUT2D eigenvalue weighted by Gasteiger charge is 2.35. The average molecular weight is 516 g/mol. The Morgan fingerprint density at radius 3 is 2.45 bits per heavy atom. The van der Waals surface area contributed by atoms with Crippen LogP contribution in [0, 0.1) is 0 Å². The Hall–Kier alpha value is -3.05. The first-order valence-corrected chi connectivity index (χ1v) is 11.7. The summed E-state index contributed by atoms with van der Waals surface area (Å²) in [4.78, 5) is 52.4.